The molecule has 7 nitrogen and oxygen atoms in total. The molecule has 1 amide bonds. The molecule has 0 spiro atoms. The largest absolute Gasteiger partial charge is 0.325 e. The van der Waals surface area contributed by atoms with Crippen LogP contribution < -0.4 is 10.0 Å². The number of anilines is 2. The molecule has 1 aromatic carbocycles. The van der Waals surface area contributed by atoms with E-state index in [2.05, 4.69) is 20.0 Å². The Balaban J connectivity index is 1.58. The van der Waals surface area contributed by atoms with Gasteiger partial charge in [-0.25, -0.2) is 13.4 Å². The van der Waals surface area contributed by atoms with E-state index in [9.17, 15) is 13.2 Å². The van der Waals surface area contributed by atoms with Crippen LogP contribution in [0.2, 0.25) is 0 Å². The van der Waals surface area contributed by atoms with Crippen molar-refractivity contribution in [2.45, 2.75) is 4.90 Å². The van der Waals surface area contributed by atoms with Gasteiger partial charge in [-0.2, -0.15) is 0 Å². The minimum atomic E-state index is -3.73. The number of thioether (sulfide) groups is 2. The fourth-order valence-electron chi connectivity index (χ4n) is 2.06. The summed E-state index contributed by atoms with van der Waals surface area (Å²) in [4.78, 5) is 20.3. The molecule has 0 saturated heterocycles. The summed E-state index contributed by atoms with van der Waals surface area (Å²) in [5.41, 5.74) is 0.536. The third kappa shape index (κ3) is 5.23. The second-order valence-corrected chi connectivity index (χ2v) is 9.17. The molecule has 136 valence electrons. The van der Waals surface area contributed by atoms with Gasteiger partial charge in [0.2, 0.25) is 5.91 Å². The fraction of sp³-hybridized carbons (Fsp3) is 0.188. The molecule has 0 saturated carbocycles. The maximum atomic E-state index is 12.3. The number of carbonyl (C=O) groups excluding carboxylic acids is 1. The first-order chi connectivity index (χ1) is 12.5. The van der Waals surface area contributed by atoms with E-state index >= 15 is 0 Å². The minimum Gasteiger partial charge on any atom is -0.325 e. The molecule has 1 aliphatic rings. The van der Waals surface area contributed by atoms with E-state index in [1.165, 1.54) is 30.1 Å². The van der Waals surface area contributed by atoms with Crippen LogP contribution in [-0.4, -0.2) is 41.7 Å². The number of hydrogen-bond donors (Lipinski definition) is 2. The van der Waals surface area contributed by atoms with Crippen molar-refractivity contribution in [1.29, 1.82) is 0 Å². The van der Waals surface area contributed by atoms with Crippen molar-refractivity contribution < 1.29 is 13.2 Å². The Labute approximate surface area is 160 Å². The van der Waals surface area contributed by atoms with Crippen molar-refractivity contribution in [3.8, 4) is 0 Å². The standard InChI is InChI=1S/C16H16N4O3S3/c21-15(11-25-16-18-9-10-24-16)19-12-4-6-13(7-5-12)26(22,23)20-14-3-1-2-8-17-14/h1-8H,9-11H2,(H,17,20)(H,19,21). The average molecular weight is 409 g/mol. The van der Waals surface area contributed by atoms with Crippen molar-refractivity contribution in [1.82, 2.24) is 4.98 Å². The molecule has 1 aliphatic heterocycles. The van der Waals surface area contributed by atoms with Gasteiger partial charge in [0.15, 0.2) is 0 Å². The molecular formula is C16H16N4O3S3. The first-order valence-electron chi connectivity index (χ1n) is 7.67. The van der Waals surface area contributed by atoms with Gasteiger partial charge in [0.1, 0.15) is 10.2 Å². The zero-order valence-electron chi connectivity index (χ0n) is 13.6. The molecule has 26 heavy (non-hydrogen) atoms. The van der Waals surface area contributed by atoms with E-state index in [4.69, 9.17) is 0 Å². The average Bonchev–Trinajstić information content (AvgIpc) is 3.14. The lowest BCUT2D eigenvalue weighted by Crippen LogP contribution is -2.16. The molecule has 0 aliphatic carbocycles. The number of rotatable bonds is 6. The Kier molecular flexibility index (Phi) is 6.17. The lowest BCUT2D eigenvalue weighted by atomic mass is 10.3. The highest BCUT2D eigenvalue weighted by atomic mass is 32.2. The molecule has 3 rings (SSSR count). The molecule has 2 N–H and O–H groups in total. The number of hydrogen-bond acceptors (Lipinski definition) is 7. The topological polar surface area (TPSA) is 101 Å². The number of carbonyl (C=O) groups is 1. The fourth-order valence-corrected chi connectivity index (χ4v) is 4.88. The smallest absolute Gasteiger partial charge is 0.263 e. The van der Waals surface area contributed by atoms with Gasteiger partial charge in [-0.05, 0) is 36.4 Å². The van der Waals surface area contributed by atoms with E-state index in [-0.39, 0.29) is 22.4 Å². The summed E-state index contributed by atoms with van der Waals surface area (Å²) < 4.78 is 28.0. The second kappa shape index (κ2) is 8.56. The molecule has 0 atom stereocenters. The summed E-state index contributed by atoms with van der Waals surface area (Å²) in [5.74, 6) is 1.32. The minimum absolute atomic E-state index is 0.0900. The normalized spacial score (nSPS) is 13.9. The van der Waals surface area contributed by atoms with Gasteiger partial charge >= 0.3 is 0 Å². The van der Waals surface area contributed by atoms with Gasteiger partial charge in [0, 0.05) is 17.6 Å². The molecule has 0 radical (unpaired) electrons. The summed E-state index contributed by atoms with van der Waals surface area (Å²) in [6, 6.07) is 10.9. The molecule has 10 heteroatoms. The maximum absolute atomic E-state index is 12.3. The quantitative estimate of drug-likeness (QED) is 0.762. The number of nitrogens with one attached hydrogen (secondary N) is 2. The highest BCUT2D eigenvalue weighted by Crippen LogP contribution is 2.22. The first kappa shape index (κ1) is 18.7. The zero-order valence-corrected chi connectivity index (χ0v) is 16.0. The SMILES string of the molecule is O=C(CSC1=NCCS1)Nc1ccc(S(=O)(=O)Nc2ccccn2)cc1. The van der Waals surface area contributed by atoms with Crippen molar-refractivity contribution in [3.63, 3.8) is 0 Å². The number of pyridine rings is 1. The summed E-state index contributed by atoms with van der Waals surface area (Å²) in [5, 5.41) is 2.74. The predicted molar refractivity (Wildman–Crippen MR) is 107 cm³/mol. The van der Waals surface area contributed by atoms with E-state index < -0.39 is 10.0 Å². The van der Waals surface area contributed by atoms with Crippen molar-refractivity contribution in [2.75, 3.05) is 28.1 Å². The number of sulfonamides is 1. The van der Waals surface area contributed by atoms with Crippen LogP contribution in [-0.2, 0) is 14.8 Å². The van der Waals surface area contributed by atoms with Gasteiger partial charge in [-0.15, -0.1) is 0 Å². The van der Waals surface area contributed by atoms with E-state index in [0.29, 0.717) is 5.69 Å². The molecular weight excluding hydrogens is 392 g/mol. The zero-order chi connectivity index (χ0) is 18.4. The van der Waals surface area contributed by atoms with Gasteiger partial charge in [0.25, 0.3) is 10.0 Å². The third-order valence-electron chi connectivity index (χ3n) is 3.24. The lowest BCUT2D eigenvalue weighted by molar-refractivity contribution is -0.113. The highest BCUT2D eigenvalue weighted by Gasteiger charge is 2.15. The second-order valence-electron chi connectivity index (χ2n) is 5.18. The Morgan fingerprint density at radius 2 is 2.00 bits per heavy atom. The summed E-state index contributed by atoms with van der Waals surface area (Å²) >= 11 is 3.06. The number of benzene rings is 1. The summed E-state index contributed by atoms with van der Waals surface area (Å²) in [7, 11) is -3.73. The molecule has 0 bridgehead atoms. The molecule has 0 unspecified atom stereocenters. The van der Waals surface area contributed by atoms with Crippen LogP contribution in [0.1, 0.15) is 0 Å². The number of amides is 1. The summed E-state index contributed by atoms with van der Waals surface area (Å²) in [6.07, 6.45) is 1.50. The van der Waals surface area contributed by atoms with Crippen molar-refractivity contribution in [2.24, 2.45) is 4.99 Å². The number of aliphatic imine (C=N–C) groups is 1. The molecule has 2 heterocycles. The first-order valence-corrected chi connectivity index (χ1v) is 11.1. The van der Waals surface area contributed by atoms with Crippen LogP contribution in [0.25, 0.3) is 0 Å². The van der Waals surface area contributed by atoms with Crippen LogP contribution in [0, 0.1) is 0 Å². The van der Waals surface area contributed by atoms with Gasteiger partial charge in [-0.1, -0.05) is 29.6 Å². The number of nitrogens with zero attached hydrogens (tertiary/aromatic N) is 2. The van der Waals surface area contributed by atoms with Crippen LogP contribution >= 0.6 is 23.5 Å². The lowest BCUT2D eigenvalue weighted by Gasteiger charge is -2.09. The monoisotopic (exact) mass is 408 g/mol. The van der Waals surface area contributed by atoms with Crippen LogP contribution in [0.3, 0.4) is 0 Å². The third-order valence-corrected chi connectivity index (χ3v) is 6.86. The van der Waals surface area contributed by atoms with Crippen molar-refractivity contribution in [3.05, 3.63) is 48.7 Å². The van der Waals surface area contributed by atoms with E-state index in [0.717, 1.165) is 16.7 Å². The van der Waals surface area contributed by atoms with Crippen molar-refractivity contribution >= 4 is 55.3 Å². The Hall–Kier alpha value is -2.04. The summed E-state index contributed by atoms with van der Waals surface area (Å²) in [6.45, 7) is 0.803. The molecule has 2 aromatic rings. The van der Waals surface area contributed by atoms with Crippen LogP contribution in [0.4, 0.5) is 11.5 Å². The van der Waals surface area contributed by atoms with Crippen LogP contribution in [0.15, 0.2) is 58.5 Å². The predicted octanol–water partition coefficient (Wildman–Crippen LogP) is 2.66. The maximum Gasteiger partial charge on any atom is 0.263 e. The molecule has 0 fully saturated rings. The van der Waals surface area contributed by atoms with Gasteiger partial charge < -0.3 is 5.32 Å². The highest BCUT2D eigenvalue weighted by molar-refractivity contribution is 8.39. The van der Waals surface area contributed by atoms with Gasteiger partial charge in [-0.3, -0.25) is 14.5 Å². The number of aromatic nitrogens is 1. The Morgan fingerprint density at radius 1 is 1.19 bits per heavy atom. The Bertz CT molecular complexity index is 900. The Morgan fingerprint density at radius 3 is 2.65 bits per heavy atom. The van der Waals surface area contributed by atoms with E-state index in [1.54, 1.807) is 42.1 Å². The molecule has 1 aromatic heterocycles. The van der Waals surface area contributed by atoms with E-state index in [1.807, 2.05) is 0 Å². The van der Waals surface area contributed by atoms with Crippen LogP contribution in [0.5, 0.6) is 0 Å². The van der Waals surface area contributed by atoms with Gasteiger partial charge in [0.05, 0.1) is 17.2 Å².